The number of anilines is 1. The molecular formula is C28H29F2N3O5S. The van der Waals surface area contributed by atoms with Crippen molar-refractivity contribution in [2.45, 2.75) is 33.4 Å². The van der Waals surface area contributed by atoms with Crippen molar-refractivity contribution >= 4 is 29.1 Å². The summed E-state index contributed by atoms with van der Waals surface area (Å²) in [4.78, 5) is 33.8. The minimum Gasteiger partial charge on any atom is -0.493 e. The van der Waals surface area contributed by atoms with Crippen LogP contribution in [0, 0.1) is 0 Å². The van der Waals surface area contributed by atoms with E-state index in [4.69, 9.17) is 9.47 Å². The smallest absolute Gasteiger partial charge is 0.387 e. The van der Waals surface area contributed by atoms with Gasteiger partial charge in [-0.3, -0.25) is 9.36 Å². The predicted octanol–water partition coefficient (Wildman–Crippen LogP) is 3.86. The van der Waals surface area contributed by atoms with E-state index < -0.39 is 18.6 Å². The van der Waals surface area contributed by atoms with Crippen molar-refractivity contribution < 1.29 is 27.8 Å². The summed E-state index contributed by atoms with van der Waals surface area (Å²) in [5, 5.41) is 0. The number of ether oxygens (including phenoxy) is 3. The van der Waals surface area contributed by atoms with Gasteiger partial charge in [-0.05, 0) is 62.2 Å². The number of hydrogen-bond acceptors (Lipinski definition) is 8. The summed E-state index contributed by atoms with van der Waals surface area (Å²) in [7, 11) is 2.64. The number of carbonyl (C=O) groups is 1. The molecule has 8 nitrogen and oxygen atoms in total. The zero-order valence-corrected chi connectivity index (χ0v) is 23.1. The summed E-state index contributed by atoms with van der Waals surface area (Å²) in [6, 6.07) is 11.4. The first kappa shape index (κ1) is 28.0. The number of rotatable bonds is 9. The highest BCUT2D eigenvalue weighted by Gasteiger charge is 2.33. The van der Waals surface area contributed by atoms with Gasteiger partial charge in [0.15, 0.2) is 16.3 Å². The van der Waals surface area contributed by atoms with Gasteiger partial charge in [-0.15, -0.1) is 0 Å². The Morgan fingerprint density at radius 2 is 1.82 bits per heavy atom. The molecule has 1 aliphatic heterocycles. The Hall–Kier alpha value is -3.99. The molecule has 0 saturated carbocycles. The molecule has 1 aromatic heterocycles. The van der Waals surface area contributed by atoms with Crippen LogP contribution in [-0.4, -0.2) is 44.5 Å². The maximum atomic E-state index is 13.7. The molecule has 0 spiro atoms. The molecule has 1 unspecified atom stereocenters. The van der Waals surface area contributed by atoms with Crippen molar-refractivity contribution in [2.24, 2.45) is 4.99 Å². The third kappa shape index (κ3) is 5.58. The van der Waals surface area contributed by atoms with Crippen LogP contribution in [0.25, 0.3) is 6.08 Å². The van der Waals surface area contributed by atoms with Crippen LogP contribution in [0.3, 0.4) is 0 Å². The number of aromatic nitrogens is 1. The summed E-state index contributed by atoms with van der Waals surface area (Å²) >= 11 is 1.17. The van der Waals surface area contributed by atoms with Crippen molar-refractivity contribution in [3.63, 3.8) is 0 Å². The van der Waals surface area contributed by atoms with Crippen LogP contribution in [0.4, 0.5) is 14.5 Å². The molecule has 1 aliphatic rings. The van der Waals surface area contributed by atoms with Crippen LogP contribution >= 0.6 is 11.3 Å². The summed E-state index contributed by atoms with van der Waals surface area (Å²) in [5.41, 5.74) is 2.71. The number of methoxy groups -OCH3 is 2. The molecule has 206 valence electrons. The molecule has 2 aromatic carbocycles. The highest BCUT2D eigenvalue weighted by Crippen LogP contribution is 2.32. The Labute approximate surface area is 228 Å². The van der Waals surface area contributed by atoms with Crippen LogP contribution in [-0.2, 0) is 9.53 Å². The second-order valence-corrected chi connectivity index (χ2v) is 9.64. The topological polar surface area (TPSA) is 82.4 Å². The van der Waals surface area contributed by atoms with Crippen LogP contribution < -0.4 is 29.3 Å². The quantitative estimate of drug-likeness (QED) is 0.372. The second-order valence-electron chi connectivity index (χ2n) is 8.63. The molecular weight excluding hydrogens is 528 g/mol. The Kier molecular flexibility index (Phi) is 8.49. The first-order valence-corrected chi connectivity index (χ1v) is 13.1. The number of hydrogen-bond donors (Lipinski definition) is 0. The lowest BCUT2D eigenvalue weighted by Gasteiger charge is -2.26. The van der Waals surface area contributed by atoms with E-state index in [9.17, 15) is 18.4 Å². The summed E-state index contributed by atoms with van der Waals surface area (Å²) in [6.45, 7) is 4.56. The fourth-order valence-corrected chi connectivity index (χ4v) is 5.63. The molecule has 0 fully saturated rings. The Balaban J connectivity index is 1.86. The van der Waals surface area contributed by atoms with Gasteiger partial charge in [-0.2, -0.15) is 8.78 Å². The minimum atomic E-state index is -3.00. The Morgan fingerprint density at radius 3 is 2.41 bits per heavy atom. The molecule has 39 heavy (non-hydrogen) atoms. The van der Waals surface area contributed by atoms with Crippen molar-refractivity contribution in [3.05, 3.63) is 84.5 Å². The van der Waals surface area contributed by atoms with Gasteiger partial charge in [0.2, 0.25) is 0 Å². The van der Waals surface area contributed by atoms with Gasteiger partial charge in [-0.25, -0.2) is 9.79 Å². The van der Waals surface area contributed by atoms with Crippen molar-refractivity contribution in [2.75, 3.05) is 32.2 Å². The van der Waals surface area contributed by atoms with Crippen LogP contribution in [0.2, 0.25) is 0 Å². The SMILES string of the molecule is CCN(CC)c1ccc(C2C(C(=O)OC)=C(C)N=c3s/c(=C\c4ccc(OC(F)F)c(OC)c4)c(=O)n32)cc1. The monoisotopic (exact) mass is 557 g/mol. The molecule has 0 amide bonds. The van der Waals surface area contributed by atoms with E-state index in [1.165, 1.54) is 42.3 Å². The number of fused-ring (bicyclic) bond motifs is 1. The molecule has 4 rings (SSSR count). The molecule has 1 atom stereocenters. The van der Waals surface area contributed by atoms with Gasteiger partial charge in [0.05, 0.1) is 36.1 Å². The first-order valence-electron chi connectivity index (χ1n) is 12.3. The van der Waals surface area contributed by atoms with E-state index in [-0.39, 0.29) is 22.6 Å². The molecule has 2 heterocycles. The molecule has 0 saturated heterocycles. The number of thiazole rings is 1. The van der Waals surface area contributed by atoms with Crippen LogP contribution in [0.5, 0.6) is 11.5 Å². The number of esters is 1. The lowest BCUT2D eigenvalue weighted by molar-refractivity contribution is -0.136. The van der Waals surface area contributed by atoms with Crippen LogP contribution in [0.1, 0.15) is 37.9 Å². The maximum absolute atomic E-state index is 13.7. The average Bonchev–Trinajstić information content (AvgIpc) is 3.23. The lowest BCUT2D eigenvalue weighted by atomic mass is 9.95. The molecule has 0 N–H and O–H groups in total. The zero-order chi connectivity index (χ0) is 28.3. The van der Waals surface area contributed by atoms with E-state index in [0.29, 0.717) is 20.6 Å². The lowest BCUT2D eigenvalue weighted by Crippen LogP contribution is -2.39. The van der Waals surface area contributed by atoms with Crippen LogP contribution in [0.15, 0.2) is 63.5 Å². The van der Waals surface area contributed by atoms with E-state index in [1.54, 1.807) is 19.1 Å². The maximum Gasteiger partial charge on any atom is 0.387 e. The predicted molar refractivity (Wildman–Crippen MR) is 145 cm³/mol. The van der Waals surface area contributed by atoms with Gasteiger partial charge < -0.3 is 19.1 Å². The fourth-order valence-electron chi connectivity index (χ4n) is 4.58. The molecule has 0 radical (unpaired) electrons. The molecule has 3 aromatic rings. The fraction of sp³-hybridized carbons (Fsp3) is 0.321. The summed E-state index contributed by atoms with van der Waals surface area (Å²) in [6.07, 6.45) is 1.62. The third-order valence-electron chi connectivity index (χ3n) is 6.47. The minimum absolute atomic E-state index is 0.104. The van der Waals surface area contributed by atoms with Crippen molar-refractivity contribution in [1.82, 2.24) is 4.57 Å². The van der Waals surface area contributed by atoms with Gasteiger partial charge in [0.25, 0.3) is 5.56 Å². The highest BCUT2D eigenvalue weighted by atomic mass is 32.1. The van der Waals surface area contributed by atoms with Gasteiger partial charge in [-0.1, -0.05) is 29.5 Å². The normalized spacial score (nSPS) is 15.2. The standard InChI is InChI=1S/C28H29F2N3O5S/c1-6-32(7-2)19-11-9-18(10-12-19)24-23(26(35)37-5)16(3)31-28-33(24)25(34)22(39-28)15-17-8-13-20(38-27(29)30)21(14-17)36-4/h8-15,24,27H,6-7H2,1-5H3/b22-15-. The molecule has 11 heteroatoms. The van der Waals surface area contributed by atoms with Crippen molar-refractivity contribution in [3.8, 4) is 11.5 Å². The van der Waals surface area contributed by atoms with Crippen molar-refractivity contribution in [1.29, 1.82) is 0 Å². The number of alkyl halides is 2. The third-order valence-corrected chi connectivity index (χ3v) is 7.45. The van der Waals surface area contributed by atoms with E-state index in [0.717, 1.165) is 24.3 Å². The largest absolute Gasteiger partial charge is 0.493 e. The number of allylic oxidation sites excluding steroid dienone is 1. The second kappa shape index (κ2) is 11.8. The number of nitrogens with zero attached hydrogens (tertiary/aromatic N) is 3. The number of carbonyl (C=O) groups excluding carboxylic acids is 1. The zero-order valence-electron chi connectivity index (χ0n) is 22.2. The van der Waals surface area contributed by atoms with Gasteiger partial charge in [0, 0.05) is 18.8 Å². The van der Waals surface area contributed by atoms with Gasteiger partial charge in [0.1, 0.15) is 0 Å². The van der Waals surface area contributed by atoms with Gasteiger partial charge >= 0.3 is 12.6 Å². The van der Waals surface area contributed by atoms with E-state index in [2.05, 4.69) is 28.5 Å². The van der Waals surface area contributed by atoms with E-state index >= 15 is 0 Å². The first-order chi connectivity index (χ1) is 18.7. The Morgan fingerprint density at radius 1 is 1.13 bits per heavy atom. The van der Waals surface area contributed by atoms with E-state index in [1.807, 2.05) is 24.3 Å². The average molecular weight is 558 g/mol. The summed E-state index contributed by atoms with van der Waals surface area (Å²) < 4.78 is 42.0. The number of halogens is 2. The summed E-state index contributed by atoms with van der Waals surface area (Å²) in [5.74, 6) is -0.577. The molecule has 0 bridgehead atoms. The molecule has 0 aliphatic carbocycles. The Bertz CT molecular complexity index is 1570. The highest BCUT2D eigenvalue weighted by molar-refractivity contribution is 7.07. The number of benzene rings is 2.